The Hall–Kier alpha value is -3.47. The number of hydrogen-bond acceptors (Lipinski definition) is 6. The number of carbonyl (C=O) groups excluding carboxylic acids is 1. The molecule has 5 rings (SSSR count). The molecule has 1 amide bonds. The third-order valence-corrected chi connectivity index (χ3v) is 7.97. The number of carbonyl (C=O) groups is 1. The first-order valence-electron chi connectivity index (χ1n) is 12.4. The molecule has 11 heteroatoms. The number of aromatic nitrogens is 3. The van der Waals surface area contributed by atoms with Crippen LogP contribution in [0.1, 0.15) is 48.7 Å². The molecule has 1 saturated carbocycles. The molecule has 3 aromatic rings. The third kappa shape index (κ3) is 4.03. The van der Waals surface area contributed by atoms with Gasteiger partial charge in [0, 0.05) is 58.7 Å². The minimum atomic E-state index is -2.92. The second-order valence-corrected chi connectivity index (χ2v) is 10.7. The number of likely N-dealkylation sites (tertiary alicyclic amines) is 1. The summed E-state index contributed by atoms with van der Waals surface area (Å²) >= 11 is 0. The smallest absolute Gasteiger partial charge is 0.266 e. The van der Waals surface area contributed by atoms with E-state index in [0.29, 0.717) is 54.2 Å². The number of halogens is 3. The fraction of sp³-hybridized carbons (Fsp3) is 0.481. The van der Waals surface area contributed by atoms with E-state index >= 15 is 0 Å². The number of aryl methyl sites for hydroxylation is 2. The van der Waals surface area contributed by atoms with E-state index in [0.717, 1.165) is 6.07 Å². The van der Waals surface area contributed by atoms with Gasteiger partial charge in [-0.2, -0.15) is 0 Å². The summed E-state index contributed by atoms with van der Waals surface area (Å²) in [6.45, 7) is 4.50. The van der Waals surface area contributed by atoms with E-state index in [-0.39, 0.29) is 29.0 Å². The molecule has 0 unspecified atom stereocenters. The minimum Gasteiger partial charge on any atom is -0.373 e. The maximum Gasteiger partial charge on any atom is 0.266 e. The van der Waals surface area contributed by atoms with Gasteiger partial charge in [-0.1, -0.05) is 18.2 Å². The molecule has 1 spiro atoms. The minimum absolute atomic E-state index is 0.0183. The fourth-order valence-electron chi connectivity index (χ4n) is 6.07. The molecule has 1 aliphatic heterocycles. The zero-order chi connectivity index (χ0) is 27.6. The van der Waals surface area contributed by atoms with Crippen molar-refractivity contribution in [3.63, 3.8) is 0 Å². The first-order chi connectivity index (χ1) is 17.9. The second kappa shape index (κ2) is 9.07. The molecule has 1 aliphatic carbocycles. The van der Waals surface area contributed by atoms with Crippen molar-refractivity contribution in [3.8, 4) is 0 Å². The monoisotopic (exact) mass is 529 g/mol. The number of nitrogens with zero attached hydrogens (tertiary/aromatic N) is 5. The first-order valence-corrected chi connectivity index (χ1v) is 12.4. The molecule has 1 saturated heterocycles. The van der Waals surface area contributed by atoms with Gasteiger partial charge in [-0.25, -0.2) is 23.1 Å². The Bertz CT molecular complexity index is 1490. The standard InChI is InChI=1S/C27H30F3N5O3/c1-15-31-23(33(3)10-17-7-6-8-18(21(17)28)22(29)30)19-9-20(25(37)34(4)24(19)32-15)27(38-5)11-26(12-27)13-35(14-26)16(2)36/h6-9,22H,10-14H2,1-5H3. The number of amides is 1. The Labute approximate surface area is 218 Å². The number of benzene rings is 1. The van der Waals surface area contributed by atoms with Crippen LogP contribution >= 0.6 is 0 Å². The van der Waals surface area contributed by atoms with Gasteiger partial charge in [0.1, 0.15) is 23.1 Å². The van der Waals surface area contributed by atoms with Crippen LogP contribution in [0.5, 0.6) is 0 Å². The Morgan fingerprint density at radius 1 is 1.24 bits per heavy atom. The molecule has 3 heterocycles. The predicted octanol–water partition coefficient (Wildman–Crippen LogP) is 3.83. The van der Waals surface area contributed by atoms with E-state index in [9.17, 15) is 22.8 Å². The highest BCUT2D eigenvalue weighted by atomic mass is 19.3. The molecule has 0 N–H and O–H groups in total. The van der Waals surface area contributed by atoms with Crippen LogP contribution in [-0.2, 0) is 28.7 Å². The van der Waals surface area contributed by atoms with Gasteiger partial charge >= 0.3 is 0 Å². The summed E-state index contributed by atoms with van der Waals surface area (Å²) < 4.78 is 48.7. The number of ether oxygens (including phenoxy) is 1. The van der Waals surface area contributed by atoms with Crippen LogP contribution in [0.25, 0.3) is 11.0 Å². The first kappa shape index (κ1) is 26.1. The van der Waals surface area contributed by atoms with Crippen molar-refractivity contribution in [1.82, 2.24) is 19.4 Å². The number of rotatable bonds is 6. The third-order valence-electron chi connectivity index (χ3n) is 7.97. The average Bonchev–Trinajstić information content (AvgIpc) is 2.81. The Morgan fingerprint density at radius 3 is 2.53 bits per heavy atom. The predicted molar refractivity (Wildman–Crippen MR) is 136 cm³/mol. The van der Waals surface area contributed by atoms with Crippen LogP contribution in [0.4, 0.5) is 19.0 Å². The number of methoxy groups -OCH3 is 1. The molecule has 1 aromatic carbocycles. The van der Waals surface area contributed by atoms with E-state index < -0.39 is 23.4 Å². The Balaban J connectivity index is 1.55. The van der Waals surface area contributed by atoms with E-state index in [4.69, 9.17) is 4.74 Å². The lowest BCUT2D eigenvalue weighted by Gasteiger charge is -2.63. The summed E-state index contributed by atoms with van der Waals surface area (Å²) in [7, 11) is 4.90. The lowest BCUT2D eigenvalue weighted by Crippen LogP contribution is -2.68. The largest absolute Gasteiger partial charge is 0.373 e. The van der Waals surface area contributed by atoms with Crippen molar-refractivity contribution < 1.29 is 22.7 Å². The summed E-state index contributed by atoms with van der Waals surface area (Å²) in [5.41, 5.74) is -0.794. The zero-order valence-electron chi connectivity index (χ0n) is 22.0. The molecule has 2 aliphatic rings. The number of fused-ring (bicyclic) bond motifs is 1. The lowest BCUT2D eigenvalue weighted by atomic mass is 9.53. The molecule has 202 valence electrons. The molecule has 38 heavy (non-hydrogen) atoms. The highest BCUT2D eigenvalue weighted by Gasteiger charge is 2.62. The van der Waals surface area contributed by atoms with Crippen LogP contribution in [0.15, 0.2) is 29.1 Å². The van der Waals surface area contributed by atoms with Crippen molar-refractivity contribution in [2.45, 2.75) is 45.3 Å². The van der Waals surface area contributed by atoms with Gasteiger partial charge in [0.25, 0.3) is 12.0 Å². The number of anilines is 1. The normalized spacial score (nSPS) is 17.6. The Morgan fingerprint density at radius 2 is 1.92 bits per heavy atom. The van der Waals surface area contributed by atoms with Gasteiger partial charge in [0.15, 0.2) is 0 Å². The van der Waals surface area contributed by atoms with Gasteiger partial charge in [-0.15, -0.1) is 0 Å². The number of hydrogen-bond donors (Lipinski definition) is 0. The van der Waals surface area contributed by atoms with Crippen LogP contribution in [-0.4, -0.2) is 52.6 Å². The molecular formula is C27H30F3N5O3. The zero-order valence-corrected chi connectivity index (χ0v) is 22.0. The molecular weight excluding hydrogens is 499 g/mol. The molecule has 8 nitrogen and oxygen atoms in total. The summed E-state index contributed by atoms with van der Waals surface area (Å²) in [6, 6.07) is 5.68. The highest BCUT2D eigenvalue weighted by Crippen LogP contribution is 2.59. The van der Waals surface area contributed by atoms with Crippen LogP contribution in [0.3, 0.4) is 0 Å². The summed E-state index contributed by atoms with van der Waals surface area (Å²) in [6.07, 6.45) is -1.72. The van der Waals surface area contributed by atoms with Gasteiger partial charge in [-0.05, 0) is 25.8 Å². The topological polar surface area (TPSA) is 80.6 Å². The van der Waals surface area contributed by atoms with E-state index in [2.05, 4.69) is 9.97 Å². The van der Waals surface area contributed by atoms with Crippen molar-refractivity contribution in [1.29, 1.82) is 0 Å². The lowest BCUT2D eigenvalue weighted by molar-refractivity contribution is -0.211. The maximum atomic E-state index is 14.8. The van der Waals surface area contributed by atoms with Gasteiger partial charge in [0.2, 0.25) is 5.91 Å². The van der Waals surface area contributed by atoms with Gasteiger partial charge in [-0.3, -0.25) is 14.2 Å². The molecule has 0 bridgehead atoms. The molecule has 0 radical (unpaired) electrons. The second-order valence-electron chi connectivity index (χ2n) is 10.7. The van der Waals surface area contributed by atoms with Gasteiger partial charge in [0.05, 0.1) is 22.1 Å². The molecule has 0 atom stereocenters. The number of pyridine rings is 1. The summed E-state index contributed by atoms with van der Waals surface area (Å²) in [5, 5.41) is 0.567. The quantitative estimate of drug-likeness (QED) is 0.483. The Kier molecular flexibility index (Phi) is 6.24. The SMILES string of the molecule is COC1(c2cc3c(N(C)Cc4cccc(C(F)F)c4F)nc(C)nc3n(C)c2=O)CC2(CN(C(C)=O)C2)C1. The number of alkyl halides is 2. The van der Waals surface area contributed by atoms with E-state index in [1.165, 1.54) is 16.7 Å². The van der Waals surface area contributed by atoms with Crippen molar-refractivity contribution in [2.75, 3.05) is 32.1 Å². The van der Waals surface area contributed by atoms with Crippen LogP contribution in [0, 0.1) is 18.2 Å². The highest BCUT2D eigenvalue weighted by molar-refractivity contribution is 5.88. The molecule has 2 aromatic heterocycles. The van der Waals surface area contributed by atoms with Crippen molar-refractivity contribution in [2.24, 2.45) is 12.5 Å². The van der Waals surface area contributed by atoms with Crippen molar-refractivity contribution in [3.05, 3.63) is 63.0 Å². The van der Waals surface area contributed by atoms with Gasteiger partial charge < -0.3 is 14.5 Å². The summed E-state index contributed by atoms with van der Waals surface area (Å²) in [5.74, 6) is -0.0664. The van der Waals surface area contributed by atoms with E-state index in [1.807, 2.05) is 0 Å². The van der Waals surface area contributed by atoms with Crippen molar-refractivity contribution >= 4 is 22.8 Å². The van der Waals surface area contributed by atoms with E-state index in [1.54, 1.807) is 50.9 Å². The van der Waals surface area contributed by atoms with Crippen LogP contribution in [0.2, 0.25) is 0 Å². The fourth-order valence-corrected chi connectivity index (χ4v) is 6.07. The van der Waals surface area contributed by atoms with Crippen LogP contribution < -0.4 is 10.5 Å². The molecule has 2 fully saturated rings. The maximum absolute atomic E-state index is 14.8. The summed E-state index contributed by atoms with van der Waals surface area (Å²) in [4.78, 5) is 37.7. The average molecular weight is 530 g/mol.